The van der Waals surface area contributed by atoms with Gasteiger partial charge >= 0.3 is 11.9 Å². The van der Waals surface area contributed by atoms with Crippen LogP contribution in [0.4, 0.5) is 0 Å². The van der Waals surface area contributed by atoms with E-state index in [-0.39, 0.29) is 19.6 Å². The molecule has 0 radical (unpaired) electrons. The molecule has 2 amide bonds. The number of hydrogen-bond donors (Lipinski definition) is 8. The quantitative estimate of drug-likeness (QED) is 0.0704. The predicted molar refractivity (Wildman–Crippen MR) is 177 cm³/mol. The van der Waals surface area contributed by atoms with E-state index in [4.69, 9.17) is 19.3 Å². The molecule has 1 aliphatic rings. The van der Waals surface area contributed by atoms with Crippen LogP contribution in [0.25, 0.3) is 11.1 Å². The molecule has 1 unspecified atom stereocenters. The van der Waals surface area contributed by atoms with Gasteiger partial charge in [0.05, 0.1) is 37.9 Å². The molecule has 1 heterocycles. The number of rotatable bonds is 19. The lowest BCUT2D eigenvalue weighted by Gasteiger charge is -2.41. The van der Waals surface area contributed by atoms with Gasteiger partial charge in [-0.05, 0) is 36.5 Å². The second kappa shape index (κ2) is 20.0. The summed E-state index contributed by atoms with van der Waals surface area (Å²) in [7, 11) is 0. The highest BCUT2D eigenvalue weighted by molar-refractivity contribution is 5.92. The number of carboxylic acid groups (broad SMARTS) is 1. The number of carbonyl (C=O) groups is 4. The van der Waals surface area contributed by atoms with Gasteiger partial charge in [0.25, 0.3) is 0 Å². The van der Waals surface area contributed by atoms with Crippen molar-refractivity contribution in [3.05, 3.63) is 60.2 Å². The van der Waals surface area contributed by atoms with Crippen molar-refractivity contribution in [1.82, 2.24) is 10.6 Å². The van der Waals surface area contributed by atoms with Crippen LogP contribution < -0.4 is 10.6 Å². The first-order chi connectivity index (χ1) is 23.9. The first-order valence-electron chi connectivity index (χ1n) is 16.6. The Morgan fingerprint density at radius 2 is 1.56 bits per heavy atom. The van der Waals surface area contributed by atoms with E-state index >= 15 is 0 Å². The zero-order valence-electron chi connectivity index (χ0n) is 28.1. The van der Waals surface area contributed by atoms with E-state index < -0.39 is 98.0 Å². The first kappa shape index (κ1) is 40.5. The van der Waals surface area contributed by atoms with Gasteiger partial charge in [-0.2, -0.15) is 0 Å². The fraction of sp³-hybridized carbons (Fsp3) is 0.543. The minimum Gasteiger partial charge on any atom is -0.481 e. The zero-order valence-corrected chi connectivity index (χ0v) is 28.1. The molecular weight excluding hydrogens is 656 g/mol. The van der Waals surface area contributed by atoms with Crippen LogP contribution in [0.3, 0.4) is 0 Å². The summed E-state index contributed by atoms with van der Waals surface area (Å²) in [4.78, 5) is 50.1. The Morgan fingerprint density at radius 1 is 0.900 bits per heavy atom. The summed E-state index contributed by atoms with van der Waals surface area (Å²) >= 11 is 0. The van der Waals surface area contributed by atoms with Gasteiger partial charge in [-0.1, -0.05) is 61.5 Å². The summed E-state index contributed by atoms with van der Waals surface area (Å²) in [6.07, 6.45) is -8.92. The molecule has 3 rings (SSSR count). The second-order valence-electron chi connectivity index (χ2n) is 12.1. The lowest BCUT2D eigenvalue weighted by Crippen LogP contribution is -2.61. The van der Waals surface area contributed by atoms with Crippen molar-refractivity contribution in [2.24, 2.45) is 5.92 Å². The van der Waals surface area contributed by atoms with Crippen LogP contribution in [0.1, 0.15) is 45.1 Å². The highest BCUT2D eigenvalue weighted by atomic mass is 16.6. The molecule has 0 spiro atoms. The van der Waals surface area contributed by atoms with Crippen molar-refractivity contribution in [2.75, 3.05) is 19.8 Å². The van der Waals surface area contributed by atoms with Crippen LogP contribution in [0, 0.1) is 5.92 Å². The van der Waals surface area contributed by atoms with E-state index in [9.17, 15) is 44.7 Å². The zero-order chi connectivity index (χ0) is 36.8. The Hall–Kier alpha value is -3.96. The number of esters is 1. The third-order valence-corrected chi connectivity index (χ3v) is 8.50. The molecule has 276 valence electrons. The second-order valence-corrected chi connectivity index (χ2v) is 12.1. The van der Waals surface area contributed by atoms with Crippen LogP contribution >= 0.6 is 0 Å². The average Bonchev–Trinajstić information content (AvgIpc) is 3.11. The number of benzene rings is 2. The Morgan fingerprint density at radius 3 is 2.18 bits per heavy atom. The SMILES string of the molecule is CCOC(=O)[C@H](NC(=O)[C@@H](NC(=O)CCC(=O)O)C(O)CO)[C@H](C[C@H]1O[C@@H](O)[C@H](O)[C@H](O)[C@@H]1C)OCCCc1ccc(-c2ccccc2)cc1. The molecule has 15 nitrogen and oxygen atoms in total. The fourth-order valence-electron chi connectivity index (χ4n) is 5.57. The number of hydrogen-bond acceptors (Lipinski definition) is 12. The molecule has 1 saturated heterocycles. The number of aliphatic hydroxyl groups is 5. The van der Waals surface area contributed by atoms with E-state index in [1.54, 1.807) is 6.92 Å². The summed E-state index contributed by atoms with van der Waals surface area (Å²) in [5.74, 6) is -4.96. The molecule has 1 aliphatic heterocycles. The van der Waals surface area contributed by atoms with Crippen LogP contribution in [0.15, 0.2) is 54.6 Å². The molecule has 2 aromatic rings. The number of aliphatic hydroxyl groups excluding tert-OH is 5. The molecule has 9 atom stereocenters. The number of carboxylic acids is 1. The number of ether oxygens (including phenoxy) is 3. The van der Waals surface area contributed by atoms with E-state index in [2.05, 4.69) is 10.6 Å². The topological polar surface area (TPSA) is 241 Å². The number of aliphatic carboxylic acids is 1. The molecule has 0 aromatic heterocycles. The maximum absolute atomic E-state index is 13.5. The monoisotopic (exact) mass is 704 g/mol. The molecule has 2 aromatic carbocycles. The van der Waals surface area contributed by atoms with Gasteiger partial charge < -0.3 is 55.5 Å². The molecule has 15 heteroatoms. The largest absolute Gasteiger partial charge is 0.481 e. The summed E-state index contributed by atoms with van der Waals surface area (Å²) < 4.78 is 16.9. The van der Waals surface area contributed by atoms with Crippen molar-refractivity contribution >= 4 is 23.8 Å². The number of amides is 2. The van der Waals surface area contributed by atoms with Crippen molar-refractivity contribution in [2.45, 2.75) is 94.8 Å². The van der Waals surface area contributed by atoms with E-state index in [0.29, 0.717) is 12.8 Å². The molecular formula is C35H48N2O13. The Labute approximate surface area is 290 Å². The van der Waals surface area contributed by atoms with Crippen molar-refractivity contribution < 1.29 is 64.0 Å². The standard InChI is InChI=1S/C35H48N2O13/c1-3-48-34(46)30(37-33(45)29(24(39)19-38)36-27(40)15-16-28(41)42)26(18-25-20(2)31(43)32(44)35(47)50-25)49-17-7-8-21-11-13-23(14-12-21)22-9-5-4-6-10-22/h4-6,9-14,20,24-26,29-32,35,38-39,43-44,47H,3,7-8,15-19H2,1-2H3,(H,36,40)(H,37,45)(H,41,42)/t20-,24?,25-,26+,29+,30-,31-,32-,35-/m1/s1. The predicted octanol–water partition coefficient (Wildman–Crippen LogP) is -0.113. The third kappa shape index (κ3) is 11.8. The number of nitrogens with one attached hydrogen (secondary N) is 2. The van der Waals surface area contributed by atoms with Crippen LogP contribution in [0.5, 0.6) is 0 Å². The third-order valence-electron chi connectivity index (χ3n) is 8.50. The average molecular weight is 705 g/mol. The van der Waals surface area contributed by atoms with Crippen LogP contribution in [0.2, 0.25) is 0 Å². The van der Waals surface area contributed by atoms with Crippen LogP contribution in [-0.2, 0) is 39.8 Å². The highest BCUT2D eigenvalue weighted by Crippen LogP contribution is 2.29. The van der Waals surface area contributed by atoms with Gasteiger partial charge in [0, 0.05) is 25.4 Å². The fourth-order valence-corrected chi connectivity index (χ4v) is 5.57. The van der Waals surface area contributed by atoms with Gasteiger partial charge in [0.1, 0.15) is 18.2 Å². The Balaban J connectivity index is 1.81. The van der Waals surface area contributed by atoms with Gasteiger partial charge in [-0.25, -0.2) is 4.79 Å². The molecule has 50 heavy (non-hydrogen) atoms. The van der Waals surface area contributed by atoms with Gasteiger partial charge in [0.15, 0.2) is 12.3 Å². The lowest BCUT2D eigenvalue weighted by molar-refractivity contribution is -0.271. The van der Waals surface area contributed by atoms with Crippen molar-refractivity contribution in [3.8, 4) is 11.1 Å². The van der Waals surface area contributed by atoms with Crippen LogP contribution in [-0.4, -0.2) is 123 Å². The number of aryl methyl sites for hydroxylation is 1. The smallest absolute Gasteiger partial charge is 0.331 e. The first-order valence-corrected chi connectivity index (χ1v) is 16.6. The lowest BCUT2D eigenvalue weighted by atomic mass is 9.86. The summed E-state index contributed by atoms with van der Waals surface area (Å²) in [6, 6.07) is 14.5. The van der Waals surface area contributed by atoms with E-state index in [0.717, 1.165) is 16.7 Å². The minimum atomic E-state index is -1.83. The Bertz CT molecular complexity index is 1380. The maximum atomic E-state index is 13.5. The summed E-state index contributed by atoms with van der Waals surface area (Å²) in [5, 5.41) is 64.3. The van der Waals surface area contributed by atoms with Gasteiger partial charge in [-0.15, -0.1) is 0 Å². The van der Waals surface area contributed by atoms with E-state index in [1.807, 2.05) is 54.6 Å². The number of carbonyl (C=O) groups excluding carboxylic acids is 3. The highest BCUT2D eigenvalue weighted by Gasteiger charge is 2.45. The van der Waals surface area contributed by atoms with Crippen molar-refractivity contribution in [3.63, 3.8) is 0 Å². The molecule has 0 bridgehead atoms. The molecule has 0 saturated carbocycles. The van der Waals surface area contributed by atoms with Gasteiger partial charge in [0.2, 0.25) is 11.8 Å². The maximum Gasteiger partial charge on any atom is 0.331 e. The van der Waals surface area contributed by atoms with E-state index in [1.165, 1.54) is 6.92 Å². The molecule has 0 aliphatic carbocycles. The minimum absolute atomic E-state index is 0.0698. The normalized spacial score (nSPS) is 22.8. The molecule has 8 N–H and O–H groups in total. The van der Waals surface area contributed by atoms with Crippen molar-refractivity contribution in [1.29, 1.82) is 0 Å². The summed E-state index contributed by atoms with van der Waals surface area (Å²) in [6.45, 7) is 2.13. The Kier molecular flexibility index (Phi) is 16.2. The summed E-state index contributed by atoms with van der Waals surface area (Å²) in [5.41, 5.74) is 3.15. The molecule has 1 fully saturated rings. The van der Waals surface area contributed by atoms with Gasteiger partial charge in [-0.3, -0.25) is 14.4 Å².